The molecule has 7 nitrogen and oxygen atoms in total. The summed E-state index contributed by atoms with van der Waals surface area (Å²) in [6.45, 7) is 1.66. The Bertz CT molecular complexity index is 826. The predicted molar refractivity (Wildman–Crippen MR) is 84.7 cm³/mol. The minimum atomic E-state index is -0.271. The Hall–Kier alpha value is -2.45. The van der Waals surface area contributed by atoms with Crippen molar-refractivity contribution in [1.82, 2.24) is 19.9 Å². The summed E-state index contributed by atoms with van der Waals surface area (Å²) in [4.78, 5) is 16.7. The normalized spacial score (nSPS) is 12.5. The van der Waals surface area contributed by atoms with E-state index in [0.29, 0.717) is 10.5 Å². The van der Waals surface area contributed by atoms with Crippen molar-refractivity contribution in [1.29, 1.82) is 0 Å². The van der Waals surface area contributed by atoms with Gasteiger partial charge in [-0.3, -0.25) is 4.79 Å². The Morgan fingerprint density at radius 2 is 2.32 bits per heavy atom. The molecule has 0 spiro atoms. The molecule has 0 bridgehead atoms. The van der Waals surface area contributed by atoms with E-state index in [-0.39, 0.29) is 24.5 Å². The fraction of sp³-hybridized carbons (Fsp3) is 0.214. The zero-order valence-corrected chi connectivity index (χ0v) is 12.7. The average molecular weight is 317 g/mol. The van der Waals surface area contributed by atoms with E-state index < -0.39 is 0 Å². The first-order valence-corrected chi connectivity index (χ1v) is 7.57. The van der Waals surface area contributed by atoms with Gasteiger partial charge in [0, 0.05) is 17.8 Å². The zero-order valence-electron chi connectivity index (χ0n) is 11.9. The molecule has 0 saturated heterocycles. The number of carbonyl (C=O) groups is 1. The number of anilines is 1. The minimum Gasteiger partial charge on any atom is -0.394 e. The van der Waals surface area contributed by atoms with E-state index in [1.165, 1.54) is 11.3 Å². The van der Waals surface area contributed by atoms with Gasteiger partial charge in [0.15, 0.2) is 5.65 Å². The summed E-state index contributed by atoms with van der Waals surface area (Å²) in [6.07, 6.45) is 1.82. The quantitative estimate of drug-likeness (QED) is 0.669. The van der Waals surface area contributed by atoms with E-state index in [2.05, 4.69) is 15.4 Å². The van der Waals surface area contributed by atoms with Gasteiger partial charge in [0.2, 0.25) is 5.95 Å². The molecule has 0 radical (unpaired) electrons. The number of nitrogens with one attached hydrogen (secondary N) is 1. The number of fused-ring (bicyclic) bond motifs is 1. The molecular formula is C14H15N5O2S. The highest BCUT2D eigenvalue weighted by Crippen LogP contribution is 2.26. The number of aromatic nitrogens is 3. The molecule has 0 aliphatic heterocycles. The Morgan fingerprint density at radius 1 is 1.50 bits per heavy atom. The standard InChI is InChI=1S/C14H15N5O2S/c1-8(6-20)16-13(21)11-4-10(7-22-11)9-2-3-12-17-14(15)18-19(12)5-9/h2-5,7-8,20H,6H2,1H3,(H2,15,18)(H,16,21)/t8-/m0/s1. The Morgan fingerprint density at radius 3 is 3.09 bits per heavy atom. The lowest BCUT2D eigenvalue weighted by atomic mass is 10.1. The average Bonchev–Trinajstić information content (AvgIpc) is 3.11. The van der Waals surface area contributed by atoms with Gasteiger partial charge in [-0.05, 0) is 36.1 Å². The summed E-state index contributed by atoms with van der Waals surface area (Å²) in [7, 11) is 0. The van der Waals surface area contributed by atoms with Crippen molar-refractivity contribution in [2.45, 2.75) is 13.0 Å². The smallest absolute Gasteiger partial charge is 0.261 e. The number of pyridine rings is 1. The van der Waals surface area contributed by atoms with Crippen LogP contribution in [0.2, 0.25) is 0 Å². The molecule has 1 atom stereocenters. The number of thiophene rings is 1. The van der Waals surface area contributed by atoms with Crippen molar-refractivity contribution in [3.8, 4) is 11.1 Å². The van der Waals surface area contributed by atoms with Crippen LogP contribution in [-0.2, 0) is 0 Å². The summed E-state index contributed by atoms with van der Waals surface area (Å²) in [6, 6.07) is 5.27. The maximum absolute atomic E-state index is 12.0. The second-order valence-corrected chi connectivity index (χ2v) is 5.86. The molecule has 8 heteroatoms. The highest BCUT2D eigenvalue weighted by Gasteiger charge is 2.13. The molecule has 0 saturated carbocycles. The van der Waals surface area contributed by atoms with Crippen LogP contribution in [0.25, 0.3) is 16.8 Å². The fourth-order valence-corrected chi connectivity index (χ4v) is 2.84. The van der Waals surface area contributed by atoms with Crippen LogP contribution in [0.5, 0.6) is 0 Å². The van der Waals surface area contributed by atoms with Crippen molar-refractivity contribution in [2.75, 3.05) is 12.3 Å². The zero-order chi connectivity index (χ0) is 15.7. The van der Waals surface area contributed by atoms with E-state index >= 15 is 0 Å². The van der Waals surface area contributed by atoms with Gasteiger partial charge in [-0.25, -0.2) is 4.52 Å². The van der Waals surface area contributed by atoms with Crippen LogP contribution in [0.4, 0.5) is 5.95 Å². The van der Waals surface area contributed by atoms with Crippen molar-refractivity contribution < 1.29 is 9.90 Å². The largest absolute Gasteiger partial charge is 0.394 e. The monoisotopic (exact) mass is 317 g/mol. The molecule has 0 aliphatic carbocycles. The van der Waals surface area contributed by atoms with Crippen LogP contribution < -0.4 is 11.1 Å². The topological polar surface area (TPSA) is 106 Å². The summed E-state index contributed by atoms with van der Waals surface area (Å²) in [5.74, 6) is 0.0319. The Kier molecular flexibility index (Phi) is 3.78. The van der Waals surface area contributed by atoms with E-state index in [1.807, 2.05) is 29.8 Å². The third-order valence-electron chi connectivity index (χ3n) is 3.16. The molecule has 22 heavy (non-hydrogen) atoms. The van der Waals surface area contributed by atoms with Gasteiger partial charge in [-0.2, -0.15) is 4.98 Å². The van der Waals surface area contributed by atoms with Crippen LogP contribution in [0, 0.1) is 0 Å². The number of carbonyl (C=O) groups excluding carboxylic acids is 1. The molecule has 0 fully saturated rings. The molecule has 3 aromatic heterocycles. The lowest BCUT2D eigenvalue weighted by molar-refractivity contribution is 0.0926. The minimum absolute atomic E-state index is 0.0889. The molecule has 0 aliphatic rings. The van der Waals surface area contributed by atoms with Gasteiger partial charge < -0.3 is 16.2 Å². The number of aliphatic hydroxyl groups is 1. The van der Waals surface area contributed by atoms with Gasteiger partial charge in [0.1, 0.15) is 0 Å². The molecule has 0 aromatic carbocycles. The third kappa shape index (κ3) is 2.78. The van der Waals surface area contributed by atoms with Crippen LogP contribution in [0.3, 0.4) is 0 Å². The van der Waals surface area contributed by atoms with E-state index in [4.69, 9.17) is 10.8 Å². The van der Waals surface area contributed by atoms with Crippen molar-refractivity contribution in [2.24, 2.45) is 0 Å². The number of nitrogens with two attached hydrogens (primary N) is 1. The van der Waals surface area contributed by atoms with E-state index in [1.54, 1.807) is 11.4 Å². The number of hydrogen-bond acceptors (Lipinski definition) is 6. The van der Waals surface area contributed by atoms with Gasteiger partial charge in [-0.15, -0.1) is 16.4 Å². The lowest BCUT2D eigenvalue weighted by Crippen LogP contribution is -2.34. The predicted octanol–water partition coefficient (Wildman–Crippen LogP) is 1.15. The van der Waals surface area contributed by atoms with Gasteiger partial charge in [0.25, 0.3) is 5.91 Å². The number of hydrogen-bond donors (Lipinski definition) is 3. The molecule has 3 aromatic rings. The third-order valence-corrected chi connectivity index (χ3v) is 4.08. The van der Waals surface area contributed by atoms with Gasteiger partial charge >= 0.3 is 0 Å². The van der Waals surface area contributed by atoms with Gasteiger partial charge in [0.05, 0.1) is 11.5 Å². The van der Waals surface area contributed by atoms with Crippen LogP contribution in [0.15, 0.2) is 29.8 Å². The first-order chi connectivity index (χ1) is 10.6. The Balaban J connectivity index is 1.86. The van der Waals surface area contributed by atoms with Gasteiger partial charge in [-0.1, -0.05) is 0 Å². The van der Waals surface area contributed by atoms with Crippen molar-refractivity contribution in [3.63, 3.8) is 0 Å². The molecule has 0 unspecified atom stereocenters. The molecule has 3 heterocycles. The molecule has 3 rings (SSSR count). The van der Waals surface area contributed by atoms with Crippen molar-refractivity contribution in [3.05, 3.63) is 34.7 Å². The number of nitrogen functional groups attached to an aromatic ring is 1. The summed E-state index contributed by atoms with van der Waals surface area (Å²) in [5.41, 5.74) is 8.08. The lowest BCUT2D eigenvalue weighted by Gasteiger charge is -2.08. The summed E-state index contributed by atoms with van der Waals surface area (Å²) >= 11 is 1.35. The summed E-state index contributed by atoms with van der Waals surface area (Å²) in [5, 5.41) is 17.7. The van der Waals surface area contributed by atoms with Crippen LogP contribution in [-0.4, -0.2) is 38.3 Å². The van der Waals surface area contributed by atoms with Crippen LogP contribution >= 0.6 is 11.3 Å². The van der Waals surface area contributed by atoms with Crippen LogP contribution in [0.1, 0.15) is 16.6 Å². The maximum Gasteiger partial charge on any atom is 0.261 e. The highest BCUT2D eigenvalue weighted by molar-refractivity contribution is 7.12. The van der Waals surface area contributed by atoms with E-state index in [9.17, 15) is 4.79 Å². The molecule has 114 valence electrons. The molecular weight excluding hydrogens is 302 g/mol. The molecule has 1 amide bonds. The fourth-order valence-electron chi connectivity index (χ4n) is 2.02. The number of aliphatic hydroxyl groups excluding tert-OH is 1. The first-order valence-electron chi connectivity index (χ1n) is 6.69. The Labute approximate surface area is 130 Å². The second kappa shape index (κ2) is 5.74. The maximum atomic E-state index is 12.0. The van der Waals surface area contributed by atoms with E-state index in [0.717, 1.165) is 11.1 Å². The first kappa shape index (κ1) is 14.5. The van der Waals surface area contributed by atoms with Crippen molar-refractivity contribution >= 4 is 28.8 Å². The highest BCUT2D eigenvalue weighted by atomic mass is 32.1. The number of nitrogens with zero attached hydrogens (tertiary/aromatic N) is 3. The SMILES string of the molecule is C[C@@H](CO)NC(=O)c1cc(-c2ccc3nc(N)nn3c2)cs1. The summed E-state index contributed by atoms with van der Waals surface area (Å²) < 4.78 is 1.61. The number of rotatable bonds is 4. The number of amides is 1. The molecule has 4 N–H and O–H groups in total. The second-order valence-electron chi connectivity index (χ2n) is 4.95.